The average Bonchev–Trinajstić information content (AvgIpc) is 3.18. The van der Waals surface area contributed by atoms with Gasteiger partial charge in [-0.2, -0.15) is 10.2 Å². The number of rotatable bonds is 5. The molecule has 0 aliphatic carbocycles. The molecule has 1 aromatic heterocycles. The molecule has 1 amide bonds. The smallest absolute Gasteiger partial charge is 0.305 e. The molecular formula is C15H13N5O3S. The molecule has 1 atom stereocenters. The second-order valence-electron chi connectivity index (χ2n) is 4.96. The number of H-pyrrole nitrogens is 1. The van der Waals surface area contributed by atoms with E-state index in [0.717, 1.165) is 28.5 Å². The summed E-state index contributed by atoms with van der Waals surface area (Å²) in [5.41, 5.74) is 2.80. The van der Waals surface area contributed by atoms with Gasteiger partial charge in [0, 0.05) is 11.8 Å². The first-order valence-electron chi connectivity index (χ1n) is 7.01. The summed E-state index contributed by atoms with van der Waals surface area (Å²) >= 11 is 1.07. The van der Waals surface area contributed by atoms with E-state index in [1.165, 1.54) is 0 Å². The van der Waals surface area contributed by atoms with Crippen LogP contribution in [0.3, 0.4) is 0 Å². The number of hydrogen-bond donors (Lipinski definition) is 3. The molecule has 24 heavy (non-hydrogen) atoms. The Balaban J connectivity index is 1.67. The molecule has 1 unspecified atom stereocenters. The largest absolute Gasteiger partial charge is 0.481 e. The van der Waals surface area contributed by atoms with Crippen LogP contribution >= 0.6 is 11.8 Å². The van der Waals surface area contributed by atoms with Crippen molar-refractivity contribution >= 4 is 35.0 Å². The lowest BCUT2D eigenvalue weighted by atomic mass is 10.1. The molecule has 3 N–H and O–H groups in total. The third-order valence-corrected chi connectivity index (χ3v) is 4.28. The van der Waals surface area contributed by atoms with Crippen LogP contribution in [0.4, 0.5) is 0 Å². The number of amides is 1. The molecule has 2 aromatic rings. The maximum absolute atomic E-state index is 11.6. The zero-order chi connectivity index (χ0) is 16.9. The summed E-state index contributed by atoms with van der Waals surface area (Å²) in [6.45, 7) is 0. The number of aliphatic carboxylic acids is 1. The van der Waals surface area contributed by atoms with Crippen LogP contribution in [0, 0.1) is 0 Å². The Morgan fingerprint density at radius 1 is 1.42 bits per heavy atom. The summed E-state index contributed by atoms with van der Waals surface area (Å²) in [5.74, 6) is -1.39. The molecule has 1 aliphatic heterocycles. The first kappa shape index (κ1) is 15.9. The number of aromatic nitrogens is 2. The number of hydrogen-bond acceptors (Lipinski definition) is 6. The highest BCUT2D eigenvalue weighted by Crippen LogP contribution is 2.22. The number of nitrogens with one attached hydrogen (secondary N) is 2. The Labute approximate surface area is 141 Å². The van der Waals surface area contributed by atoms with Gasteiger partial charge >= 0.3 is 5.97 Å². The zero-order valence-corrected chi connectivity index (χ0v) is 13.2. The maximum atomic E-state index is 11.6. The minimum atomic E-state index is -1.02. The van der Waals surface area contributed by atoms with Gasteiger partial charge < -0.3 is 10.4 Å². The molecule has 1 saturated heterocycles. The van der Waals surface area contributed by atoms with E-state index in [0.29, 0.717) is 5.17 Å². The van der Waals surface area contributed by atoms with Gasteiger partial charge in [0.25, 0.3) is 0 Å². The Hall–Kier alpha value is -2.94. The van der Waals surface area contributed by atoms with Crippen LogP contribution in [0.15, 0.2) is 46.9 Å². The fraction of sp³-hybridized carbons (Fsp3) is 0.133. The topological polar surface area (TPSA) is 120 Å². The monoisotopic (exact) mass is 343 g/mol. The van der Waals surface area contributed by atoms with Gasteiger partial charge in [0.05, 0.1) is 18.8 Å². The molecule has 0 spiro atoms. The number of benzene rings is 1. The molecular weight excluding hydrogens is 330 g/mol. The number of carbonyl (C=O) groups excluding carboxylic acids is 1. The molecule has 9 heteroatoms. The van der Waals surface area contributed by atoms with Crippen LogP contribution in [-0.2, 0) is 9.59 Å². The van der Waals surface area contributed by atoms with Crippen LogP contribution in [0.5, 0.6) is 0 Å². The first-order chi connectivity index (χ1) is 11.6. The van der Waals surface area contributed by atoms with Crippen molar-refractivity contribution in [2.24, 2.45) is 10.2 Å². The zero-order valence-electron chi connectivity index (χ0n) is 12.3. The number of aromatic amines is 1. The van der Waals surface area contributed by atoms with E-state index in [2.05, 4.69) is 25.7 Å². The van der Waals surface area contributed by atoms with E-state index in [4.69, 9.17) is 5.11 Å². The average molecular weight is 343 g/mol. The molecule has 2 heterocycles. The van der Waals surface area contributed by atoms with E-state index in [-0.39, 0.29) is 12.3 Å². The van der Waals surface area contributed by atoms with Crippen LogP contribution in [0.25, 0.3) is 11.1 Å². The summed E-state index contributed by atoms with van der Waals surface area (Å²) < 4.78 is 0. The molecule has 122 valence electrons. The van der Waals surface area contributed by atoms with E-state index < -0.39 is 11.2 Å². The molecule has 0 saturated carbocycles. The predicted molar refractivity (Wildman–Crippen MR) is 90.8 cm³/mol. The third kappa shape index (κ3) is 3.87. The van der Waals surface area contributed by atoms with Crippen LogP contribution in [0.1, 0.15) is 12.0 Å². The van der Waals surface area contributed by atoms with Crippen LogP contribution in [-0.4, -0.2) is 43.8 Å². The molecule has 1 fully saturated rings. The standard InChI is InChI=1S/C15H13N5O3S/c21-13(22)5-12-14(23)19-15(24-12)20-18-6-9-2-1-3-10(4-9)11-7-16-17-8-11/h1-4,6-8,12H,5H2,(H,16,17)(H,21,22)(H,19,20,23). The SMILES string of the molecule is O=C(O)CC1SC(=NN=Cc2cccc(-c3cn[nH]c3)c2)NC1=O. The van der Waals surface area contributed by atoms with Gasteiger partial charge in [0.2, 0.25) is 5.91 Å². The van der Waals surface area contributed by atoms with Gasteiger partial charge in [-0.1, -0.05) is 30.0 Å². The normalized spacial score (nSPS) is 19.1. The number of carboxylic acid groups (broad SMARTS) is 1. The summed E-state index contributed by atoms with van der Waals surface area (Å²) in [5, 5.41) is 25.4. The second-order valence-corrected chi connectivity index (χ2v) is 6.15. The molecule has 3 rings (SSSR count). The number of carbonyl (C=O) groups is 2. The van der Waals surface area contributed by atoms with Crippen molar-refractivity contribution in [1.29, 1.82) is 0 Å². The minimum absolute atomic E-state index is 0.244. The molecule has 1 aromatic carbocycles. The number of amidine groups is 1. The first-order valence-corrected chi connectivity index (χ1v) is 7.89. The molecule has 0 bridgehead atoms. The summed E-state index contributed by atoms with van der Waals surface area (Å²) in [6.07, 6.45) is 4.84. The van der Waals surface area contributed by atoms with Crippen molar-refractivity contribution in [2.45, 2.75) is 11.7 Å². The summed E-state index contributed by atoms with van der Waals surface area (Å²) in [4.78, 5) is 22.3. The van der Waals surface area contributed by atoms with Gasteiger partial charge in [-0.3, -0.25) is 14.7 Å². The van der Waals surface area contributed by atoms with Crippen molar-refractivity contribution in [3.05, 3.63) is 42.2 Å². The van der Waals surface area contributed by atoms with Crippen molar-refractivity contribution in [3.63, 3.8) is 0 Å². The lowest BCUT2D eigenvalue weighted by Crippen LogP contribution is -2.26. The molecule has 8 nitrogen and oxygen atoms in total. The maximum Gasteiger partial charge on any atom is 0.305 e. The van der Waals surface area contributed by atoms with E-state index in [1.54, 1.807) is 18.6 Å². The van der Waals surface area contributed by atoms with Gasteiger partial charge in [-0.05, 0) is 17.2 Å². The minimum Gasteiger partial charge on any atom is -0.481 e. The van der Waals surface area contributed by atoms with Crippen LogP contribution < -0.4 is 5.32 Å². The van der Waals surface area contributed by atoms with Gasteiger partial charge in [0.1, 0.15) is 5.25 Å². The predicted octanol–water partition coefficient (Wildman–Crippen LogP) is 1.47. The highest BCUT2D eigenvalue weighted by Gasteiger charge is 2.32. The van der Waals surface area contributed by atoms with Gasteiger partial charge in [-0.25, -0.2) is 0 Å². The Bertz CT molecular complexity index is 816. The quantitative estimate of drug-likeness (QED) is 0.561. The fourth-order valence-corrected chi connectivity index (χ4v) is 3.02. The van der Waals surface area contributed by atoms with Crippen molar-refractivity contribution in [2.75, 3.05) is 0 Å². The fourth-order valence-electron chi connectivity index (χ4n) is 2.10. The third-order valence-electron chi connectivity index (χ3n) is 3.21. The number of nitrogens with zero attached hydrogens (tertiary/aromatic N) is 3. The number of carboxylic acids is 1. The van der Waals surface area contributed by atoms with Gasteiger partial charge in [0.15, 0.2) is 5.17 Å². The van der Waals surface area contributed by atoms with Crippen molar-refractivity contribution < 1.29 is 14.7 Å². The van der Waals surface area contributed by atoms with Gasteiger partial charge in [-0.15, -0.1) is 5.10 Å². The Morgan fingerprint density at radius 2 is 2.29 bits per heavy atom. The Kier molecular flexibility index (Phi) is 4.71. The van der Waals surface area contributed by atoms with Crippen molar-refractivity contribution in [3.8, 4) is 11.1 Å². The summed E-state index contributed by atoms with van der Waals surface area (Å²) in [7, 11) is 0. The number of thioether (sulfide) groups is 1. The lowest BCUT2D eigenvalue weighted by Gasteiger charge is -1.98. The molecule has 1 aliphatic rings. The molecule has 0 radical (unpaired) electrons. The van der Waals surface area contributed by atoms with Crippen LogP contribution in [0.2, 0.25) is 0 Å². The highest BCUT2D eigenvalue weighted by atomic mass is 32.2. The lowest BCUT2D eigenvalue weighted by molar-refractivity contribution is -0.138. The van der Waals surface area contributed by atoms with E-state index in [1.807, 2.05) is 24.3 Å². The van der Waals surface area contributed by atoms with Crippen molar-refractivity contribution in [1.82, 2.24) is 15.5 Å². The summed E-state index contributed by atoms with van der Waals surface area (Å²) in [6, 6.07) is 7.66. The van der Waals surface area contributed by atoms with E-state index in [9.17, 15) is 9.59 Å². The highest BCUT2D eigenvalue weighted by molar-refractivity contribution is 8.15. The second kappa shape index (κ2) is 7.09. The Morgan fingerprint density at radius 3 is 3.04 bits per heavy atom. The van der Waals surface area contributed by atoms with E-state index >= 15 is 0 Å².